The van der Waals surface area contributed by atoms with Gasteiger partial charge in [0.2, 0.25) is 0 Å². The van der Waals surface area contributed by atoms with Crippen LogP contribution >= 0.6 is 46.4 Å². The summed E-state index contributed by atoms with van der Waals surface area (Å²) in [7, 11) is 2.01. The first-order valence-electron chi connectivity index (χ1n) is 28.5. The van der Waals surface area contributed by atoms with Crippen LogP contribution in [0.5, 0.6) is 0 Å². The van der Waals surface area contributed by atoms with Gasteiger partial charge < -0.3 is 15.5 Å². The Balaban J connectivity index is 0.000000158. The van der Waals surface area contributed by atoms with Gasteiger partial charge in [0.15, 0.2) is 0 Å². The number of hydrogen-bond acceptors (Lipinski definition) is 7. The van der Waals surface area contributed by atoms with Gasteiger partial charge in [-0.05, 0) is 166 Å². The summed E-state index contributed by atoms with van der Waals surface area (Å²) in [5.41, 5.74) is 9.12. The maximum atomic E-state index is 10.8. The number of aliphatic hydroxyl groups excluding tert-OH is 2. The standard InChI is InChI=1S/C20H21NO.C19H20N2.C16H17Cl2NO.C16H17Cl2N/c1-2-6-19(20(22)18-9-5-12-21-14-18)17-11-10-15-7-3-4-8-16(15)13-17;1-20-14-19(11-15-5-4-10-21-13-15)18-9-8-16-6-2-3-7-17(16)12-18;1-2-3-13(12-4-5-14(17)15(18)10-12)16(20)11-6-8-19-9-7-11;1-2-4-13(9-12-5-3-8-19-11-12)14-6-7-15(17)16(18)10-14/h3-5,7-14,19-20,22H,2,6H2,1H3;2-10,12-13,19-20H,11,14H2,1H3;4-10,13,16,20H,2-3H2,1H3;3,5-8,10-11,13H,2,4,9H2,1H3/t19-,20-;;13-,16-;/m1.1./s1. The monoisotopic (exact) mass is 1170 g/mol. The van der Waals surface area contributed by atoms with Crippen molar-refractivity contribution in [1.82, 2.24) is 25.3 Å². The topological polar surface area (TPSA) is 104 Å². The van der Waals surface area contributed by atoms with E-state index in [0.29, 0.717) is 31.9 Å². The summed E-state index contributed by atoms with van der Waals surface area (Å²) < 4.78 is 0. The van der Waals surface area contributed by atoms with E-state index in [2.05, 4.69) is 149 Å². The number of nitrogens with zero attached hydrogens (tertiary/aromatic N) is 4. The molecule has 2 unspecified atom stereocenters. The van der Waals surface area contributed by atoms with Crippen molar-refractivity contribution in [2.24, 2.45) is 0 Å². The Morgan fingerprint density at radius 3 is 1.32 bits per heavy atom. The van der Waals surface area contributed by atoms with E-state index in [-0.39, 0.29) is 11.8 Å². The summed E-state index contributed by atoms with van der Waals surface area (Å²) in [6, 6.07) is 57.4. The van der Waals surface area contributed by atoms with Crippen LogP contribution in [0.25, 0.3) is 21.5 Å². The van der Waals surface area contributed by atoms with E-state index in [0.717, 1.165) is 74.6 Å². The maximum Gasteiger partial charge on any atom is 0.0873 e. The fourth-order valence-corrected chi connectivity index (χ4v) is 11.1. The van der Waals surface area contributed by atoms with Crippen molar-refractivity contribution in [2.75, 3.05) is 13.6 Å². The van der Waals surface area contributed by atoms with Crippen molar-refractivity contribution in [3.63, 3.8) is 0 Å². The number of likely N-dealkylation sites (N-methyl/N-ethyl adjacent to an activating group) is 1. The lowest BCUT2D eigenvalue weighted by molar-refractivity contribution is 0.139. The fraction of sp³-hybridized carbons (Fsp3) is 0.268. The molecule has 4 aromatic heterocycles. The van der Waals surface area contributed by atoms with Crippen LogP contribution in [-0.2, 0) is 12.8 Å². The summed E-state index contributed by atoms with van der Waals surface area (Å²) in [5, 5.41) is 32.1. The molecule has 424 valence electrons. The number of benzene rings is 6. The molecule has 0 fully saturated rings. The molecular weight excluding hydrogens is 1100 g/mol. The van der Waals surface area contributed by atoms with E-state index in [1.165, 1.54) is 49.4 Å². The lowest BCUT2D eigenvalue weighted by Crippen LogP contribution is -2.19. The van der Waals surface area contributed by atoms with E-state index in [4.69, 9.17) is 46.4 Å². The molecule has 10 rings (SSSR count). The van der Waals surface area contributed by atoms with Gasteiger partial charge in [0.05, 0.1) is 32.3 Å². The molecule has 0 amide bonds. The van der Waals surface area contributed by atoms with Crippen LogP contribution < -0.4 is 5.32 Å². The third kappa shape index (κ3) is 18.8. The number of hydrogen-bond donors (Lipinski definition) is 3. The molecule has 82 heavy (non-hydrogen) atoms. The van der Waals surface area contributed by atoms with Crippen LogP contribution in [0, 0.1) is 0 Å². The van der Waals surface area contributed by atoms with Crippen molar-refractivity contribution in [3.05, 3.63) is 284 Å². The first-order valence-corrected chi connectivity index (χ1v) is 30.0. The largest absolute Gasteiger partial charge is 0.388 e. The Labute approximate surface area is 505 Å². The molecule has 0 bridgehead atoms. The molecule has 3 N–H and O–H groups in total. The summed E-state index contributed by atoms with van der Waals surface area (Å²) in [5.74, 6) is 1.02. The average Bonchev–Trinajstić information content (AvgIpc) is 3.69. The van der Waals surface area contributed by atoms with Crippen molar-refractivity contribution in [3.8, 4) is 0 Å². The number of aliphatic hydroxyl groups is 2. The zero-order valence-electron chi connectivity index (χ0n) is 47.3. The average molecular weight is 1170 g/mol. The van der Waals surface area contributed by atoms with E-state index < -0.39 is 12.2 Å². The first-order chi connectivity index (χ1) is 40.0. The van der Waals surface area contributed by atoms with E-state index >= 15 is 0 Å². The number of rotatable bonds is 20. The molecule has 0 saturated heterocycles. The second-order valence-corrected chi connectivity index (χ2v) is 22.3. The molecule has 0 aliphatic heterocycles. The smallest absolute Gasteiger partial charge is 0.0873 e. The maximum absolute atomic E-state index is 10.8. The van der Waals surface area contributed by atoms with E-state index in [1.807, 2.05) is 86.3 Å². The van der Waals surface area contributed by atoms with Gasteiger partial charge in [0.25, 0.3) is 0 Å². The summed E-state index contributed by atoms with van der Waals surface area (Å²) in [4.78, 5) is 16.5. The normalized spacial score (nSPS) is 13.2. The van der Waals surface area contributed by atoms with Gasteiger partial charge in [-0.1, -0.05) is 202 Å². The molecule has 0 spiro atoms. The second kappa shape index (κ2) is 33.6. The second-order valence-electron chi connectivity index (χ2n) is 20.7. The van der Waals surface area contributed by atoms with Crippen LogP contribution in [0.1, 0.15) is 140 Å². The van der Waals surface area contributed by atoms with E-state index in [9.17, 15) is 10.2 Å². The van der Waals surface area contributed by atoms with Gasteiger partial charge in [-0.15, -0.1) is 0 Å². The van der Waals surface area contributed by atoms with Gasteiger partial charge in [-0.25, -0.2) is 0 Å². The minimum absolute atomic E-state index is 0.00262. The van der Waals surface area contributed by atoms with Crippen LogP contribution in [0.2, 0.25) is 20.1 Å². The quantitative estimate of drug-likeness (QED) is 0.0698. The highest BCUT2D eigenvalue weighted by atomic mass is 35.5. The fourth-order valence-electron chi connectivity index (χ4n) is 10.5. The Hall–Kier alpha value is -6.52. The lowest BCUT2D eigenvalue weighted by atomic mass is 9.85. The highest BCUT2D eigenvalue weighted by Gasteiger charge is 2.24. The molecule has 11 heteroatoms. The molecule has 0 radical (unpaired) electrons. The van der Waals surface area contributed by atoms with Crippen LogP contribution in [0.15, 0.2) is 219 Å². The number of aromatic nitrogens is 4. The van der Waals surface area contributed by atoms with Crippen LogP contribution in [0.3, 0.4) is 0 Å². The summed E-state index contributed by atoms with van der Waals surface area (Å²) >= 11 is 24.1. The lowest BCUT2D eigenvalue weighted by Gasteiger charge is -2.23. The Kier molecular flexibility index (Phi) is 25.8. The zero-order valence-corrected chi connectivity index (χ0v) is 50.3. The van der Waals surface area contributed by atoms with Crippen molar-refractivity contribution in [2.45, 2.75) is 108 Å². The molecule has 4 heterocycles. The SMILES string of the molecule is CCCC(Cc1cccnc1)c1ccc(Cl)c(Cl)c1.CCC[C@H](c1ccc(Cl)c(Cl)c1)[C@H](O)c1ccncc1.CCC[C@H](c1ccc2ccccc2c1)[C@H](O)c1cccnc1.CNCC(Cc1cccnc1)c1ccc2ccccc2c1. The molecule has 6 aromatic carbocycles. The molecule has 10 aromatic rings. The summed E-state index contributed by atoms with van der Waals surface area (Å²) in [6.07, 6.45) is 21.4. The highest BCUT2D eigenvalue weighted by Crippen LogP contribution is 2.38. The zero-order chi connectivity index (χ0) is 58.1. The highest BCUT2D eigenvalue weighted by molar-refractivity contribution is 6.42. The number of halogens is 4. The molecule has 0 aliphatic carbocycles. The van der Waals surface area contributed by atoms with Gasteiger partial charge in [0, 0.05) is 73.9 Å². The third-order valence-corrected chi connectivity index (χ3v) is 16.2. The van der Waals surface area contributed by atoms with Crippen molar-refractivity contribution < 1.29 is 10.2 Å². The first kappa shape index (κ1) is 63.1. The number of pyridine rings is 4. The molecule has 7 nitrogen and oxygen atoms in total. The predicted octanol–water partition coefficient (Wildman–Crippen LogP) is 19.2. The van der Waals surface area contributed by atoms with Crippen molar-refractivity contribution >= 4 is 67.9 Å². The van der Waals surface area contributed by atoms with Crippen LogP contribution in [0.4, 0.5) is 0 Å². The third-order valence-electron chi connectivity index (χ3n) is 14.8. The molecule has 0 saturated carbocycles. The van der Waals surface area contributed by atoms with Gasteiger partial charge in [-0.2, -0.15) is 0 Å². The number of fused-ring (bicyclic) bond motifs is 2. The molecule has 6 atom stereocenters. The van der Waals surface area contributed by atoms with Gasteiger partial charge >= 0.3 is 0 Å². The van der Waals surface area contributed by atoms with E-state index in [1.54, 1.807) is 37.1 Å². The van der Waals surface area contributed by atoms with Gasteiger partial charge in [0.1, 0.15) is 0 Å². The van der Waals surface area contributed by atoms with Crippen LogP contribution in [-0.4, -0.2) is 43.7 Å². The minimum Gasteiger partial charge on any atom is -0.388 e. The Bertz CT molecular complexity index is 3450. The Morgan fingerprint density at radius 1 is 0.378 bits per heavy atom. The van der Waals surface area contributed by atoms with Crippen molar-refractivity contribution in [1.29, 1.82) is 0 Å². The minimum atomic E-state index is -0.574. The van der Waals surface area contributed by atoms with Gasteiger partial charge in [-0.3, -0.25) is 19.9 Å². The summed E-state index contributed by atoms with van der Waals surface area (Å²) in [6.45, 7) is 7.43. The Morgan fingerprint density at radius 2 is 0.817 bits per heavy atom. The molecule has 0 aliphatic rings. The number of nitrogens with one attached hydrogen (secondary N) is 1. The predicted molar refractivity (Wildman–Crippen MR) is 345 cm³/mol. The molecular formula is C71H75Cl4N5O2.